The minimum Gasteiger partial charge on any atom is -0.396 e. The fourth-order valence-corrected chi connectivity index (χ4v) is 2.45. The molecule has 7 nitrogen and oxygen atoms in total. The Hall–Kier alpha value is -3.48. The van der Waals surface area contributed by atoms with Gasteiger partial charge in [0.1, 0.15) is 0 Å². The molecule has 0 saturated heterocycles. The van der Waals surface area contributed by atoms with Gasteiger partial charge in [-0.15, -0.1) is 0 Å². The number of carbonyl (C=O) groups is 1. The SMILES string of the molecule is Nc1ccc(-c2ccccc2)nc1NC(=O)c1cnc(NC2CC2)nc1. The van der Waals surface area contributed by atoms with E-state index < -0.39 is 0 Å². The molecule has 0 unspecified atom stereocenters. The zero-order valence-electron chi connectivity index (χ0n) is 14.0. The lowest BCUT2D eigenvalue weighted by Gasteiger charge is -2.10. The van der Waals surface area contributed by atoms with E-state index in [9.17, 15) is 4.79 Å². The minimum absolute atomic E-state index is 0.316. The summed E-state index contributed by atoms with van der Waals surface area (Å²) in [5.74, 6) is 0.497. The standard InChI is InChI=1S/C19H18N6O/c20-15-8-9-16(12-4-2-1-3-5-12)24-17(15)25-18(26)13-10-21-19(22-11-13)23-14-6-7-14/h1-5,8-11,14H,6-7,20H2,(H,21,22,23)(H,24,25,26). The average Bonchev–Trinajstić information content (AvgIpc) is 3.49. The molecule has 0 bridgehead atoms. The summed E-state index contributed by atoms with van der Waals surface area (Å²) in [6.07, 6.45) is 5.25. The maximum atomic E-state index is 12.5. The van der Waals surface area contributed by atoms with Crippen LogP contribution in [0.25, 0.3) is 11.3 Å². The van der Waals surface area contributed by atoms with E-state index in [4.69, 9.17) is 5.73 Å². The van der Waals surface area contributed by atoms with Crippen molar-refractivity contribution < 1.29 is 4.79 Å². The normalized spacial score (nSPS) is 13.2. The smallest absolute Gasteiger partial charge is 0.260 e. The summed E-state index contributed by atoms with van der Waals surface area (Å²) in [5, 5.41) is 5.91. The van der Waals surface area contributed by atoms with Crippen molar-refractivity contribution in [1.82, 2.24) is 15.0 Å². The van der Waals surface area contributed by atoms with E-state index in [1.54, 1.807) is 6.07 Å². The van der Waals surface area contributed by atoms with Gasteiger partial charge in [0.25, 0.3) is 5.91 Å². The second kappa shape index (κ2) is 6.79. The molecule has 130 valence electrons. The number of nitrogens with two attached hydrogens (primary N) is 1. The summed E-state index contributed by atoms with van der Waals surface area (Å²) in [4.78, 5) is 25.3. The van der Waals surface area contributed by atoms with Gasteiger partial charge in [-0.1, -0.05) is 30.3 Å². The number of nitrogens with one attached hydrogen (secondary N) is 2. The van der Waals surface area contributed by atoms with E-state index in [2.05, 4.69) is 25.6 Å². The number of nitrogen functional groups attached to an aromatic ring is 1. The van der Waals surface area contributed by atoms with Crippen LogP contribution >= 0.6 is 0 Å². The molecule has 4 N–H and O–H groups in total. The molecule has 1 aliphatic rings. The van der Waals surface area contributed by atoms with E-state index >= 15 is 0 Å². The van der Waals surface area contributed by atoms with Gasteiger partial charge in [-0.2, -0.15) is 0 Å². The van der Waals surface area contributed by atoms with Crippen LogP contribution in [-0.2, 0) is 0 Å². The highest BCUT2D eigenvalue weighted by atomic mass is 16.1. The molecule has 26 heavy (non-hydrogen) atoms. The predicted octanol–water partition coefficient (Wildman–Crippen LogP) is 2.95. The second-order valence-corrected chi connectivity index (χ2v) is 6.17. The Morgan fingerprint density at radius 1 is 1.04 bits per heavy atom. The van der Waals surface area contributed by atoms with E-state index in [0.29, 0.717) is 29.1 Å². The molecule has 4 rings (SSSR count). The van der Waals surface area contributed by atoms with Crippen molar-refractivity contribution in [3.05, 3.63) is 60.4 Å². The number of carbonyl (C=O) groups excluding carboxylic acids is 1. The monoisotopic (exact) mass is 346 g/mol. The number of benzene rings is 1. The molecular formula is C19H18N6O. The van der Waals surface area contributed by atoms with Gasteiger partial charge in [-0.3, -0.25) is 4.79 Å². The zero-order chi connectivity index (χ0) is 17.9. The van der Waals surface area contributed by atoms with Crippen LogP contribution in [0.5, 0.6) is 0 Å². The Kier molecular flexibility index (Phi) is 4.18. The van der Waals surface area contributed by atoms with Gasteiger partial charge in [-0.05, 0) is 25.0 Å². The Morgan fingerprint density at radius 3 is 2.46 bits per heavy atom. The first-order valence-electron chi connectivity index (χ1n) is 8.41. The Labute approximate surface area is 150 Å². The highest BCUT2D eigenvalue weighted by Crippen LogP contribution is 2.24. The van der Waals surface area contributed by atoms with E-state index in [1.807, 2.05) is 36.4 Å². The van der Waals surface area contributed by atoms with Crippen LogP contribution < -0.4 is 16.4 Å². The Balaban J connectivity index is 1.51. The first-order valence-corrected chi connectivity index (χ1v) is 8.41. The fraction of sp³-hybridized carbons (Fsp3) is 0.158. The maximum Gasteiger partial charge on any atom is 0.260 e. The summed E-state index contributed by atoms with van der Waals surface area (Å²) in [7, 11) is 0. The van der Waals surface area contributed by atoms with Crippen molar-refractivity contribution in [1.29, 1.82) is 0 Å². The first kappa shape index (κ1) is 16.0. The maximum absolute atomic E-state index is 12.5. The third-order valence-corrected chi connectivity index (χ3v) is 4.05. The van der Waals surface area contributed by atoms with Crippen LogP contribution in [0.4, 0.5) is 17.5 Å². The van der Waals surface area contributed by atoms with Gasteiger partial charge in [0.15, 0.2) is 5.82 Å². The molecule has 2 aromatic heterocycles. The molecule has 0 atom stereocenters. The van der Waals surface area contributed by atoms with E-state index in [-0.39, 0.29) is 5.91 Å². The lowest BCUT2D eigenvalue weighted by atomic mass is 10.1. The first-order chi connectivity index (χ1) is 12.7. The zero-order valence-corrected chi connectivity index (χ0v) is 14.0. The molecule has 1 saturated carbocycles. The van der Waals surface area contributed by atoms with Gasteiger partial charge < -0.3 is 16.4 Å². The van der Waals surface area contributed by atoms with E-state index in [0.717, 1.165) is 24.1 Å². The molecule has 0 aliphatic heterocycles. The molecule has 1 aromatic carbocycles. The topological polar surface area (TPSA) is 106 Å². The summed E-state index contributed by atoms with van der Waals surface area (Å²) in [5.41, 5.74) is 8.38. The van der Waals surface area contributed by atoms with Crippen molar-refractivity contribution in [2.45, 2.75) is 18.9 Å². The van der Waals surface area contributed by atoms with E-state index in [1.165, 1.54) is 12.4 Å². The van der Waals surface area contributed by atoms with Crippen molar-refractivity contribution >= 4 is 23.4 Å². The summed E-state index contributed by atoms with van der Waals surface area (Å²) in [6, 6.07) is 13.7. The number of anilines is 3. The van der Waals surface area contributed by atoms with Crippen molar-refractivity contribution in [2.24, 2.45) is 0 Å². The third-order valence-electron chi connectivity index (χ3n) is 4.05. The number of rotatable bonds is 5. The quantitative estimate of drug-likeness (QED) is 0.656. The van der Waals surface area contributed by atoms with Crippen LogP contribution in [0.3, 0.4) is 0 Å². The molecule has 0 radical (unpaired) electrons. The van der Waals surface area contributed by atoms with Gasteiger partial charge in [0, 0.05) is 24.0 Å². The highest BCUT2D eigenvalue weighted by Gasteiger charge is 2.22. The Morgan fingerprint density at radius 2 is 1.77 bits per heavy atom. The van der Waals surface area contributed by atoms with Crippen molar-refractivity contribution in [3.8, 4) is 11.3 Å². The van der Waals surface area contributed by atoms with Crippen molar-refractivity contribution in [2.75, 3.05) is 16.4 Å². The van der Waals surface area contributed by atoms with Gasteiger partial charge in [-0.25, -0.2) is 15.0 Å². The number of hydrogen-bond donors (Lipinski definition) is 3. The molecule has 7 heteroatoms. The predicted molar refractivity (Wildman–Crippen MR) is 101 cm³/mol. The molecule has 1 amide bonds. The fourth-order valence-electron chi connectivity index (χ4n) is 2.45. The molecule has 1 fully saturated rings. The van der Waals surface area contributed by atoms with Crippen LogP contribution in [-0.4, -0.2) is 26.9 Å². The third kappa shape index (κ3) is 3.61. The molecule has 0 spiro atoms. The molecule has 1 aliphatic carbocycles. The number of aromatic nitrogens is 3. The summed E-state index contributed by atoms with van der Waals surface area (Å²) >= 11 is 0. The average molecular weight is 346 g/mol. The van der Waals surface area contributed by atoms with Crippen LogP contribution in [0.15, 0.2) is 54.9 Å². The Bertz CT molecular complexity index is 923. The van der Waals surface area contributed by atoms with Gasteiger partial charge in [0.05, 0.1) is 16.9 Å². The minimum atomic E-state index is -0.354. The number of hydrogen-bond acceptors (Lipinski definition) is 6. The van der Waals surface area contributed by atoms with Crippen LogP contribution in [0.1, 0.15) is 23.2 Å². The van der Waals surface area contributed by atoms with Gasteiger partial charge >= 0.3 is 0 Å². The largest absolute Gasteiger partial charge is 0.396 e. The summed E-state index contributed by atoms with van der Waals surface area (Å²) < 4.78 is 0. The van der Waals surface area contributed by atoms with Crippen LogP contribution in [0.2, 0.25) is 0 Å². The van der Waals surface area contributed by atoms with Crippen molar-refractivity contribution in [3.63, 3.8) is 0 Å². The molecule has 2 heterocycles. The van der Waals surface area contributed by atoms with Crippen LogP contribution in [0, 0.1) is 0 Å². The number of nitrogens with zero attached hydrogens (tertiary/aromatic N) is 3. The number of amides is 1. The number of pyridine rings is 1. The lowest BCUT2D eigenvalue weighted by Crippen LogP contribution is -2.16. The van der Waals surface area contributed by atoms with Gasteiger partial charge in [0.2, 0.25) is 5.95 Å². The molecule has 3 aromatic rings. The lowest BCUT2D eigenvalue weighted by molar-refractivity contribution is 0.102. The molecular weight excluding hydrogens is 328 g/mol. The highest BCUT2D eigenvalue weighted by molar-refractivity contribution is 6.04. The summed E-state index contributed by atoms with van der Waals surface area (Å²) in [6.45, 7) is 0. The second-order valence-electron chi connectivity index (χ2n) is 6.17.